The van der Waals surface area contributed by atoms with Gasteiger partial charge in [0.15, 0.2) is 5.82 Å². The van der Waals surface area contributed by atoms with Crippen LogP contribution in [0.1, 0.15) is 42.6 Å². The Labute approximate surface area is 216 Å². The molecular formula is C28H31ClN4O3. The molecule has 0 aliphatic carbocycles. The van der Waals surface area contributed by atoms with Gasteiger partial charge in [-0.05, 0) is 67.7 Å². The number of carbonyl (C=O) groups is 2. The van der Waals surface area contributed by atoms with Gasteiger partial charge in [-0.2, -0.15) is 0 Å². The number of piperidine rings is 1. The summed E-state index contributed by atoms with van der Waals surface area (Å²) in [4.78, 5) is 29.7. The maximum absolute atomic E-state index is 12.8. The normalized spacial score (nSPS) is 18.5. The molecule has 7 nitrogen and oxygen atoms in total. The molecule has 1 unspecified atom stereocenters. The quantitative estimate of drug-likeness (QED) is 0.460. The highest BCUT2D eigenvalue weighted by molar-refractivity contribution is 6.30. The summed E-state index contributed by atoms with van der Waals surface area (Å²) < 4.78 is 5.38. The molecule has 8 heteroatoms. The largest absolute Gasteiger partial charge is 0.359 e. The van der Waals surface area contributed by atoms with Crippen LogP contribution in [0.5, 0.6) is 0 Å². The lowest BCUT2D eigenvalue weighted by atomic mass is 10.1. The van der Waals surface area contributed by atoms with Crippen LogP contribution < -0.4 is 10.2 Å². The van der Waals surface area contributed by atoms with Crippen molar-refractivity contribution in [2.24, 2.45) is 5.92 Å². The highest BCUT2D eigenvalue weighted by Gasteiger charge is 2.35. The van der Waals surface area contributed by atoms with Crippen LogP contribution in [0.3, 0.4) is 0 Å². The van der Waals surface area contributed by atoms with Crippen molar-refractivity contribution in [3.8, 4) is 0 Å². The van der Waals surface area contributed by atoms with Gasteiger partial charge in [0.1, 0.15) is 5.76 Å². The van der Waals surface area contributed by atoms with E-state index < -0.39 is 5.92 Å². The van der Waals surface area contributed by atoms with Crippen LogP contribution in [0, 0.1) is 5.92 Å². The summed E-state index contributed by atoms with van der Waals surface area (Å²) in [6, 6.07) is 17.6. The lowest BCUT2D eigenvalue weighted by Gasteiger charge is -2.26. The van der Waals surface area contributed by atoms with Gasteiger partial charge in [0.25, 0.3) is 0 Å². The molecule has 2 aromatic carbocycles. The topological polar surface area (TPSA) is 78.7 Å². The molecule has 3 aromatic rings. The van der Waals surface area contributed by atoms with Crippen LogP contribution in [-0.2, 0) is 29.0 Å². The average molecular weight is 507 g/mol. The van der Waals surface area contributed by atoms with Crippen molar-refractivity contribution in [1.29, 1.82) is 0 Å². The molecule has 3 heterocycles. The number of amides is 2. The van der Waals surface area contributed by atoms with Crippen molar-refractivity contribution >= 4 is 34.9 Å². The minimum Gasteiger partial charge on any atom is -0.359 e. The second kappa shape index (κ2) is 11.3. The van der Waals surface area contributed by atoms with Gasteiger partial charge in [0, 0.05) is 42.7 Å². The zero-order valence-electron chi connectivity index (χ0n) is 20.3. The van der Waals surface area contributed by atoms with Gasteiger partial charge in [-0.1, -0.05) is 47.4 Å². The fourth-order valence-corrected chi connectivity index (χ4v) is 5.05. The summed E-state index contributed by atoms with van der Waals surface area (Å²) in [5.74, 6) is 0.376. The smallest absolute Gasteiger partial charge is 0.231 e. The summed E-state index contributed by atoms with van der Waals surface area (Å²) >= 11 is 5.93. The van der Waals surface area contributed by atoms with Crippen molar-refractivity contribution in [2.45, 2.75) is 45.1 Å². The Balaban J connectivity index is 1.12. The molecule has 0 saturated carbocycles. The lowest BCUT2D eigenvalue weighted by Crippen LogP contribution is -2.29. The van der Waals surface area contributed by atoms with E-state index in [2.05, 4.69) is 27.5 Å². The van der Waals surface area contributed by atoms with Gasteiger partial charge in [-0.15, -0.1) is 0 Å². The Hall–Kier alpha value is -3.16. The summed E-state index contributed by atoms with van der Waals surface area (Å²) in [6.07, 6.45) is 5.48. The molecule has 5 rings (SSSR count). The van der Waals surface area contributed by atoms with E-state index in [0.29, 0.717) is 29.6 Å². The standard InChI is InChI=1S/C28H31ClN4O3/c29-23-9-4-20(5-10-23)8-13-25-17-26(31-36-25)30-28(35)22-16-27(34)33(19-22)24-11-6-21(7-12-24)18-32-14-2-1-3-15-32/h4-7,9-12,17,22H,1-3,8,13-16,18-19H2,(H,30,31,35). The fraction of sp³-hybridized carbons (Fsp3) is 0.393. The number of nitrogens with one attached hydrogen (secondary N) is 1. The maximum Gasteiger partial charge on any atom is 0.231 e. The van der Waals surface area contributed by atoms with E-state index in [1.165, 1.54) is 24.8 Å². The minimum absolute atomic E-state index is 0.0391. The summed E-state index contributed by atoms with van der Waals surface area (Å²) in [7, 11) is 0. The summed E-state index contributed by atoms with van der Waals surface area (Å²) in [6.45, 7) is 3.60. The molecule has 2 fully saturated rings. The highest BCUT2D eigenvalue weighted by Crippen LogP contribution is 2.27. The van der Waals surface area contributed by atoms with E-state index in [-0.39, 0.29) is 18.2 Å². The van der Waals surface area contributed by atoms with E-state index >= 15 is 0 Å². The van der Waals surface area contributed by atoms with Gasteiger partial charge < -0.3 is 14.7 Å². The zero-order valence-corrected chi connectivity index (χ0v) is 21.0. The monoisotopic (exact) mass is 506 g/mol. The van der Waals surface area contributed by atoms with Crippen LogP contribution in [0.2, 0.25) is 5.02 Å². The first kappa shape index (κ1) is 24.5. The number of hydrogen-bond donors (Lipinski definition) is 1. The third-order valence-electron chi connectivity index (χ3n) is 6.98. The molecule has 36 heavy (non-hydrogen) atoms. The molecule has 0 spiro atoms. The number of nitrogens with zero attached hydrogens (tertiary/aromatic N) is 3. The number of rotatable bonds is 8. The predicted octanol–water partition coefficient (Wildman–Crippen LogP) is 5.09. The minimum atomic E-state index is -0.431. The molecule has 0 radical (unpaired) electrons. The number of aromatic nitrogens is 1. The number of halogens is 1. The SMILES string of the molecule is O=C(Nc1cc(CCc2ccc(Cl)cc2)on1)C1CC(=O)N(c2ccc(CN3CCCCC3)cc2)C1. The molecule has 2 aliphatic rings. The first-order chi connectivity index (χ1) is 17.5. The first-order valence-electron chi connectivity index (χ1n) is 12.7. The second-order valence-electron chi connectivity index (χ2n) is 9.70. The molecular weight excluding hydrogens is 476 g/mol. The van der Waals surface area contributed by atoms with Crippen molar-refractivity contribution in [1.82, 2.24) is 10.1 Å². The van der Waals surface area contributed by atoms with E-state index in [9.17, 15) is 9.59 Å². The highest BCUT2D eigenvalue weighted by atomic mass is 35.5. The number of anilines is 2. The molecule has 2 saturated heterocycles. The number of aryl methyl sites for hydroxylation is 2. The Kier molecular flexibility index (Phi) is 7.68. The third kappa shape index (κ3) is 6.15. The van der Waals surface area contributed by atoms with Crippen LogP contribution in [-0.4, -0.2) is 41.5 Å². The average Bonchev–Trinajstić information content (AvgIpc) is 3.51. The molecule has 0 bridgehead atoms. The van der Waals surface area contributed by atoms with Crippen LogP contribution in [0.15, 0.2) is 59.1 Å². The fourth-order valence-electron chi connectivity index (χ4n) is 4.93. The second-order valence-corrected chi connectivity index (χ2v) is 10.1. The first-order valence-corrected chi connectivity index (χ1v) is 13.0. The third-order valence-corrected chi connectivity index (χ3v) is 7.23. The predicted molar refractivity (Wildman–Crippen MR) is 140 cm³/mol. The number of likely N-dealkylation sites (tertiary alicyclic amines) is 1. The van der Waals surface area contributed by atoms with Gasteiger partial charge >= 0.3 is 0 Å². The molecule has 1 N–H and O–H groups in total. The zero-order chi connectivity index (χ0) is 24.9. The molecule has 1 atom stereocenters. The Morgan fingerprint density at radius 2 is 1.72 bits per heavy atom. The Morgan fingerprint density at radius 3 is 2.47 bits per heavy atom. The van der Waals surface area contributed by atoms with Crippen LogP contribution >= 0.6 is 11.6 Å². The van der Waals surface area contributed by atoms with Crippen molar-refractivity contribution < 1.29 is 14.1 Å². The molecule has 1 aromatic heterocycles. The van der Waals surface area contributed by atoms with Crippen molar-refractivity contribution in [2.75, 3.05) is 29.9 Å². The molecule has 2 aliphatic heterocycles. The van der Waals surface area contributed by atoms with E-state index in [1.54, 1.807) is 11.0 Å². The van der Waals surface area contributed by atoms with Gasteiger partial charge in [0.05, 0.1) is 5.92 Å². The van der Waals surface area contributed by atoms with Crippen LogP contribution in [0.4, 0.5) is 11.5 Å². The molecule has 188 valence electrons. The summed E-state index contributed by atoms with van der Waals surface area (Å²) in [5, 5.41) is 7.49. The number of hydrogen-bond acceptors (Lipinski definition) is 5. The van der Waals surface area contributed by atoms with Crippen LogP contribution in [0.25, 0.3) is 0 Å². The van der Waals surface area contributed by atoms with E-state index in [1.807, 2.05) is 36.4 Å². The number of benzene rings is 2. The molecule has 2 amide bonds. The van der Waals surface area contributed by atoms with Gasteiger partial charge in [-0.25, -0.2) is 0 Å². The van der Waals surface area contributed by atoms with Gasteiger partial charge in [0.2, 0.25) is 11.8 Å². The lowest BCUT2D eigenvalue weighted by molar-refractivity contribution is -0.122. The Morgan fingerprint density at radius 1 is 1.00 bits per heavy atom. The number of carbonyl (C=O) groups excluding carboxylic acids is 2. The van der Waals surface area contributed by atoms with Crippen molar-refractivity contribution in [3.63, 3.8) is 0 Å². The van der Waals surface area contributed by atoms with E-state index in [0.717, 1.165) is 37.3 Å². The van der Waals surface area contributed by atoms with Crippen molar-refractivity contribution in [3.05, 3.63) is 76.5 Å². The van der Waals surface area contributed by atoms with E-state index in [4.69, 9.17) is 16.1 Å². The van der Waals surface area contributed by atoms with Gasteiger partial charge in [-0.3, -0.25) is 14.5 Å². The summed E-state index contributed by atoms with van der Waals surface area (Å²) in [5.41, 5.74) is 3.23. The maximum atomic E-state index is 12.8. The Bertz CT molecular complexity index is 1190.